The highest BCUT2D eigenvalue weighted by Gasteiger charge is 2.32. The van der Waals surface area contributed by atoms with E-state index in [1.807, 2.05) is 24.3 Å². The summed E-state index contributed by atoms with van der Waals surface area (Å²) in [5.74, 6) is -0.424. The number of amides is 2. The number of carbonyl (C=O) groups excluding carboxylic acids is 2. The monoisotopic (exact) mass is 478 g/mol. The lowest BCUT2D eigenvalue weighted by Gasteiger charge is -2.35. The van der Waals surface area contributed by atoms with Crippen LogP contribution in [-0.4, -0.2) is 42.8 Å². The summed E-state index contributed by atoms with van der Waals surface area (Å²) in [5, 5.41) is 14.6. The van der Waals surface area contributed by atoms with Crippen molar-refractivity contribution in [1.29, 1.82) is 0 Å². The number of alkyl carbamates (subject to hydrolysis) is 1. The SMILES string of the molecule is CC(CCCNC(=O)CC1CC(CNC(=O)OCC2c3ccccc3-c3ccccc32)C1)C(=O)O. The molecule has 1 saturated carbocycles. The molecule has 186 valence electrons. The summed E-state index contributed by atoms with van der Waals surface area (Å²) < 4.78 is 5.59. The van der Waals surface area contributed by atoms with Crippen molar-refractivity contribution >= 4 is 18.0 Å². The third-order valence-electron chi connectivity index (χ3n) is 7.24. The Balaban J connectivity index is 1.11. The summed E-state index contributed by atoms with van der Waals surface area (Å²) >= 11 is 0. The first-order chi connectivity index (χ1) is 16.9. The Labute approximate surface area is 206 Å². The summed E-state index contributed by atoms with van der Waals surface area (Å²) in [5.41, 5.74) is 4.80. The number of fused-ring (bicyclic) bond motifs is 3. The average Bonchev–Trinajstić information content (AvgIpc) is 3.15. The van der Waals surface area contributed by atoms with Crippen molar-refractivity contribution in [2.75, 3.05) is 19.7 Å². The molecule has 2 aromatic carbocycles. The molecule has 0 heterocycles. The number of hydrogen-bond donors (Lipinski definition) is 3. The molecule has 4 rings (SSSR count). The Morgan fingerprint density at radius 1 is 0.971 bits per heavy atom. The number of nitrogens with one attached hydrogen (secondary N) is 2. The normalized spacial score (nSPS) is 19.1. The Morgan fingerprint density at radius 2 is 1.60 bits per heavy atom. The Bertz CT molecular complexity index is 1020. The molecule has 2 aliphatic carbocycles. The van der Waals surface area contributed by atoms with Gasteiger partial charge in [0.2, 0.25) is 5.91 Å². The Hall–Kier alpha value is -3.35. The molecule has 0 radical (unpaired) electrons. The summed E-state index contributed by atoms with van der Waals surface area (Å²) in [7, 11) is 0. The van der Waals surface area contributed by atoms with Crippen molar-refractivity contribution < 1.29 is 24.2 Å². The zero-order valence-electron chi connectivity index (χ0n) is 20.2. The minimum atomic E-state index is -0.802. The number of carboxylic acids is 1. The molecule has 35 heavy (non-hydrogen) atoms. The fraction of sp³-hybridized carbons (Fsp3) is 0.464. The number of ether oxygens (including phenoxy) is 1. The maximum Gasteiger partial charge on any atom is 0.407 e. The van der Waals surface area contributed by atoms with Crippen LogP contribution >= 0.6 is 0 Å². The first-order valence-corrected chi connectivity index (χ1v) is 12.5. The van der Waals surface area contributed by atoms with Crippen LogP contribution in [0.3, 0.4) is 0 Å². The van der Waals surface area contributed by atoms with Gasteiger partial charge >= 0.3 is 12.1 Å². The van der Waals surface area contributed by atoms with Crippen molar-refractivity contribution in [2.45, 2.75) is 44.9 Å². The van der Waals surface area contributed by atoms with Crippen LogP contribution in [0.2, 0.25) is 0 Å². The van der Waals surface area contributed by atoms with E-state index in [4.69, 9.17) is 9.84 Å². The van der Waals surface area contributed by atoms with Crippen molar-refractivity contribution in [2.24, 2.45) is 17.8 Å². The second-order valence-electron chi connectivity index (χ2n) is 9.85. The minimum absolute atomic E-state index is 0.0147. The van der Waals surface area contributed by atoms with Gasteiger partial charge in [-0.3, -0.25) is 9.59 Å². The first-order valence-electron chi connectivity index (χ1n) is 12.5. The fourth-order valence-corrected chi connectivity index (χ4v) is 5.18. The van der Waals surface area contributed by atoms with E-state index < -0.39 is 12.1 Å². The number of carbonyl (C=O) groups is 3. The molecule has 2 aromatic rings. The van der Waals surface area contributed by atoms with Crippen LogP contribution in [0.25, 0.3) is 11.1 Å². The zero-order chi connectivity index (χ0) is 24.8. The standard InChI is InChI=1S/C28H34N2O5/c1-18(27(32)33)7-6-12-29-26(31)15-19-13-20(14-19)16-30-28(34)35-17-25-23-10-4-2-8-21(23)22-9-3-5-11-24(22)25/h2-5,8-11,18-20,25H,6-7,12-17H2,1H3,(H,29,31)(H,30,34)(H,32,33). The van der Waals surface area contributed by atoms with Gasteiger partial charge in [-0.25, -0.2) is 4.79 Å². The van der Waals surface area contributed by atoms with E-state index in [1.165, 1.54) is 22.3 Å². The van der Waals surface area contributed by atoms with E-state index in [0.29, 0.717) is 50.8 Å². The quantitative estimate of drug-likeness (QED) is 0.411. The molecule has 0 saturated heterocycles. The highest BCUT2D eigenvalue weighted by atomic mass is 16.5. The molecule has 1 fully saturated rings. The summed E-state index contributed by atoms with van der Waals surface area (Å²) in [6, 6.07) is 16.5. The molecule has 1 atom stereocenters. The molecule has 3 N–H and O–H groups in total. The van der Waals surface area contributed by atoms with Crippen LogP contribution < -0.4 is 10.6 Å². The summed E-state index contributed by atoms with van der Waals surface area (Å²) in [6.07, 6.45) is 3.12. The van der Waals surface area contributed by atoms with Gasteiger partial charge in [0.05, 0.1) is 5.92 Å². The highest BCUT2D eigenvalue weighted by molar-refractivity contribution is 5.79. The van der Waals surface area contributed by atoms with Crippen LogP contribution in [0.15, 0.2) is 48.5 Å². The summed E-state index contributed by atoms with van der Waals surface area (Å²) in [6.45, 7) is 3.05. The molecule has 7 nitrogen and oxygen atoms in total. The van der Waals surface area contributed by atoms with Gasteiger partial charge in [-0.1, -0.05) is 55.5 Å². The van der Waals surface area contributed by atoms with E-state index in [1.54, 1.807) is 6.92 Å². The molecule has 0 bridgehead atoms. The van der Waals surface area contributed by atoms with Gasteiger partial charge < -0.3 is 20.5 Å². The molecule has 2 aliphatic rings. The van der Waals surface area contributed by atoms with Gasteiger partial charge in [-0.15, -0.1) is 0 Å². The third kappa shape index (κ3) is 6.21. The van der Waals surface area contributed by atoms with E-state index in [9.17, 15) is 14.4 Å². The van der Waals surface area contributed by atoms with E-state index in [2.05, 4.69) is 34.9 Å². The van der Waals surface area contributed by atoms with Gasteiger partial charge in [0.15, 0.2) is 0 Å². The average molecular weight is 479 g/mol. The number of benzene rings is 2. The van der Waals surface area contributed by atoms with Crippen LogP contribution in [0, 0.1) is 17.8 Å². The zero-order valence-corrected chi connectivity index (χ0v) is 20.2. The van der Waals surface area contributed by atoms with Crippen LogP contribution in [0.1, 0.15) is 56.1 Å². The molecule has 2 amide bonds. The first kappa shape index (κ1) is 24.8. The molecule has 7 heteroatoms. The number of aliphatic carboxylic acids is 1. The highest BCUT2D eigenvalue weighted by Crippen LogP contribution is 2.44. The molecule has 1 unspecified atom stereocenters. The number of hydrogen-bond acceptors (Lipinski definition) is 4. The smallest absolute Gasteiger partial charge is 0.407 e. The van der Waals surface area contributed by atoms with Gasteiger partial charge in [-0.05, 0) is 59.8 Å². The largest absolute Gasteiger partial charge is 0.481 e. The molecular formula is C28H34N2O5. The lowest BCUT2D eigenvalue weighted by Crippen LogP contribution is -2.38. The lowest BCUT2D eigenvalue weighted by molar-refractivity contribution is -0.141. The summed E-state index contributed by atoms with van der Waals surface area (Å²) in [4.78, 5) is 35.2. The van der Waals surface area contributed by atoms with E-state index in [-0.39, 0.29) is 17.7 Å². The van der Waals surface area contributed by atoms with E-state index in [0.717, 1.165) is 12.8 Å². The Kier molecular flexibility index (Phi) is 8.06. The molecular weight excluding hydrogens is 444 g/mol. The van der Waals surface area contributed by atoms with Crippen molar-refractivity contribution in [1.82, 2.24) is 10.6 Å². The molecule has 0 aromatic heterocycles. The maximum absolute atomic E-state index is 12.3. The fourth-order valence-electron chi connectivity index (χ4n) is 5.18. The molecule has 0 aliphatic heterocycles. The van der Waals surface area contributed by atoms with Crippen LogP contribution in [-0.2, 0) is 14.3 Å². The molecule has 0 spiro atoms. The lowest BCUT2D eigenvalue weighted by atomic mass is 9.73. The third-order valence-corrected chi connectivity index (χ3v) is 7.24. The van der Waals surface area contributed by atoms with Crippen molar-refractivity contribution in [3.8, 4) is 11.1 Å². The predicted molar refractivity (Wildman–Crippen MR) is 133 cm³/mol. The number of carboxylic acid groups (broad SMARTS) is 1. The topological polar surface area (TPSA) is 105 Å². The van der Waals surface area contributed by atoms with Crippen molar-refractivity contribution in [3.63, 3.8) is 0 Å². The second kappa shape index (κ2) is 11.4. The van der Waals surface area contributed by atoms with Crippen molar-refractivity contribution in [3.05, 3.63) is 59.7 Å². The van der Waals surface area contributed by atoms with Gasteiger partial charge in [0, 0.05) is 25.4 Å². The Morgan fingerprint density at radius 3 is 2.23 bits per heavy atom. The van der Waals surface area contributed by atoms with Gasteiger partial charge in [0.1, 0.15) is 6.61 Å². The maximum atomic E-state index is 12.3. The van der Waals surface area contributed by atoms with Crippen LogP contribution in [0.5, 0.6) is 0 Å². The predicted octanol–water partition coefficient (Wildman–Crippen LogP) is 4.56. The number of rotatable bonds is 11. The van der Waals surface area contributed by atoms with Gasteiger partial charge in [-0.2, -0.15) is 0 Å². The van der Waals surface area contributed by atoms with E-state index >= 15 is 0 Å². The second-order valence-corrected chi connectivity index (χ2v) is 9.85. The van der Waals surface area contributed by atoms with Gasteiger partial charge in [0.25, 0.3) is 0 Å². The minimum Gasteiger partial charge on any atom is -0.481 e. The van der Waals surface area contributed by atoms with Crippen LogP contribution in [0.4, 0.5) is 4.79 Å².